The standard InChI is InChI=1S/C8H9ClO3S.C4H8O/c1-13(11,12)8-4-6(5-10)2-3-7(8)9;1-2-4-5-3-1/h2-4,10H,5H2,1H3;1-4H2. The first-order valence-electron chi connectivity index (χ1n) is 5.62. The molecule has 6 heteroatoms. The highest BCUT2D eigenvalue weighted by Crippen LogP contribution is 2.22. The van der Waals surface area contributed by atoms with Gasteiger partial charge in [-0.3, -0.25) is 0 Å². The van der Waals surface area contributed by atoms with E-state index in [4.69, 9.17) is 21.4 Å². The van der Waals surface area contributed by atoms with Gasteiger partial charge in [-0.25, -0.2) is 8.42 Å². The second kappa shape index (κ2) is 7.09. The van der Waals surface area contributed by atoms with Crippen molar-refractivity contribution in [3.05, 3.63) is 28.8 Å². The monoisotopic (exact) mass is 292 g/mol. The molecule has 1 N–H and O–H groups in total. The van der Waals surface area contributed by atoms with Crippen molar-refractivity contribution in [2.24, 2.45) is 0 Å². The SMILES string of the molecule is C1CCOC1.CS(=O)(=O)c1cc(CO)ccc1Cl. The zero-order valence-electron chi connectivity index (χ0n) is 10.2. The largest absolute Gasteiger partial charge is 0.392 e. The first-order chi connectivity index (χ1) is 8.45. The van der Waals surface area contributed by atoms with Crippen LogP contribution in [0.4, 0.5) is 0 Å². The van der Waals surface area contributed by atoms with Crippen LogP contribution in [0, 0.1) is 0 Å². The number of aliphatic hydroxyl groups excluding tert-OH is 1. The lowest BCUT2D eigenvalue weighted by Crippen LogP contribution is -1.99. The molecule has 4 nitrogen and oxygen atoms in total. The summed E-state index contributed by atoms with van der Waals surface area (Å²) in [5.74, 6) is 0. The smallest absolute Gasteiger partial charge is 0.177 e. The van der Waals surface area contributed by atoms with E-state index in [1.54, 1.807) is 6.07 Å². The van der Waals surface area contributed by atoms with Gasteiger partial charge in [0.15, 0.2) is 9.84 Å². The van der Waals surface area contributed by atoms with Crippen molar-refractivity contribution in [1.82, 2.24) is 0 Å². The van der Waals surface area contributed by atoms with Crippen LogP contribution in [-0.4, -0.2) is 33.0 Å². The highest BCUT2D eigenvalue weighted by molar-refractivity contribution is 7.90. The van der Waals surface area contributed by atoms with Crippen LogP contribution in [-0.2, 0) is 21.2 Å². The molecule has 1 aromatic rings. The van der Waals surface area contributed by atoms with Gasteiger partial charge in [0.1, 0.15) is 0 Å². The van der Waals surface area contributed by atoms with Gasteiger partial charge < -0.3 is 9.84 Å². The number of hydrogen-bond donors (Lipinski definition) is 1. The maximum atomic E-state index is 11.2. The van der Waals surface area contributed by atoms with Crippen LogP contribution >= 0.6 is 11.6 Å². The topological polar surface area (TPSA) is 63.6 Å². The van der Waals surface area contributed by atoms with Crippen molar-refractivity contribution in [3.63, 3.8) is 0 Å². The summed E-state index contributed by atoms with van der Waals surface area (Å²) in [6, 6.07) is 4.41. The third-order valence-corrected chi connectivity index (χ3v) is 3.98. The molecule has 1 aliphatic rings. The third kappa shape index (κ3) is 4.94. The Morgan fingerprint density at radius 2 is 1.94 bits per heavy atom. The van der Waals surface area contributed by atoms with E-state index in [0.717, 1.165) is 19.5 Å². The Morgan fingerprint density at radius 1 is 1.33 bits per heavy atom. The molecule has 1 fully saturated rings. The molecule has 1 aromatic carbocycles. The molecule has 2 rings (SSSR count). The predicted molar refractivity (Wildman–Crippen MR) is 70.5 cm³/mol. The minimum Gasteiger partial charge on any atom is -0.392 e. The lowest BCUT2D eigenvalue weighted by molar-refractivity contribution is 0.198. The van der Waals surface area contributed by atoms with Crippen LogP contribution in [0.2, 0.25) is 5.02 Å². The molecule has 0 radical (unpaired) electrons. The van der Waals surface area contributed by atoms with Gasteiger partial charge in [-0.15, -0.1) is 0 Å². The van der Waals surface area contributed by atoms with Gasteiger partial charge in [0.25, 0.3) is 0 Å². The van der Waals surface area contributed by atoms with Crippen molar-refractivity contribution in [2.75, 3.05) is 19.5 Å². The first kappa shape index (κ1) is 15.4. The molecule has 0 aliphatic carbocycles. The fraction of sp³-hybridized carbons (Fsp3) is 0.500. The van der Waals surface area contributed by atoms with Gasteiger partial charge >= 0.3 is 0 Å². The van der Waals surface area contributed by atoms with Gasteiger partial charge in [0, 0.05) is 19.5 Å². The zero-order valence-corrected chi connectivity index (χ0v) is 11.8. The van der Waals surface area contributed by atoms with E-state index in [-0.39, 0.29) is 16.5 Å². The Balaban J connectivity index is 0.000000269. The minimum atomic E-state index is -3.31. The summed E-state index contributed by atoms with van der Waals surface area (Å²) in [7, 11) is -3.31. The maximum absolute atomic E-state index is 11.2. The van der Waals surface area contributed by atoms with Crippen molar-refractivity contribution in [1.29, 1.82) is 0 Å². The summed E-state index contributed by atoms with van der Waals surface area (Å²) >= 11 is 5.68. The molecule has 102 valence electrons. The molecule has 1 saturated heterocycles. The molecule has 0 unspecified atom stereocenters. The zero-order chi connectivity index (χ0) is 13.6. The van der Waals surface area contributed by atoms with Crippen LogP contribution < -0.4 is 0 Å². The molecule has 1 heterocycles. The predicted octanol–water partition coefficient (Wildman–Crippen LogP) is 2.03. The number of halogens is 1. The van der Waals surface area contributed by atoms with Crippen molar-refractivity contribution < 1.29 is 18.3 Å². The maximum Gasteiger partial charge on any atom is 0.177 e. The molecule has 1 aliphatic heterocycles. The number of rotatable bonds is 2. The molecule has 0 bridgehead atoms. The van der Waals surface area contributed by atoms with E-state index in [1.165, 1.54) is 25.0 Å². The summed E-state index contributed by atoms with van der Waals surface area (Å²) < 4.78 is 27.3. The van der Waals surface area contributed by atoms with Gasteiger partial charge in [-0.2, -0.15) is 0 Å². The quantitative estimate of drug-likeness (QED) is 0.906. The van der Waals surface area contributed by atoms with E-state index >= 15 is 0 Å². The number of sulfone groups is 1. The third-order valence-electron chi connectivity index (χ3n) is 2.41. The van der Waals surface area contributed by atoms with E-state index in [1.807, 2.05) is 0 Å². The van der Waals surface area contributed by atoms with Crippen LogP contribution in [0.1, 0.15) is 18.4 Å². The van der Waals surface area contributed by atoms with Gasteiger partial charge in [0.05, 0.1) is 16.5 Å². The fourth-order valence-electron chi connectivity index (χ4n) is 1.44. The average Bonchev–Trinajstić information content (AvgIpc) is 2.86. The number of benzene rings is 1. The Morgan fingerprint density at radius 3 is 2.33 bits per heavy atom. The number of hydrogen-bond acceptors (Lipinski definition) is 4. The molecule has 0 spiro atoms. The van der Waals surface area contributed by atoms with Crippen LogP contribution in [0.15, 0.2) is 23.1 Å². The molecule has 0 aromatic heterocycles. The van der Waals surface area contributed by atoms with E-state index in [9.17, 15) is 8.42 Å². The summed E-state index contributed by atoms with van der Waals surface area (Å²) in [6.45, 7) is 1.81. The van der Waals surface area contributed by atoms with Crippen molar-refractivity contribution >= 4 is 21.4 Å². The Kier molecular flexibility index (Phi) is 6.08. The van der Waals surface area contributed by atoms with Crippen molar-refractivity contribution in [2.45, 2.75) is 24.3 Å². The summed E-state index contributed by atoms with van der Waals surface area (Å²) in [6.07, 6.45) is 3.63. The molecular weight excluding hydrogens is 276 g/mol. The average molecular weight is 293 g/mol. The summed E-state index contributed by atoms with van der Waals surface area (Å²) in [5.41, 5.74) is 0.532. The van der Waals surface area contributed by atoms with Gasteiger partial charge in [0.2, 0.25) is 0 Å². The Bertz CT molecular complexity index is 473. The Labute approximate surface area is 112 Å². The van der Waals surface area contributed by atoms with E-state index in [2.05, 4.69) is 0 Å². The first-order valence-corrected chi connectivity index (χ1v) is 7.89. The van der Waals surface area contributed by atoms with Gasteiger partial charge in [-0.1, -0.05) is 17.7 Å². The molecule has 18 heavy (non-hydrogen) atoms. The highest BCUT2D eigenvalue weighted by atomic mass is 35.5. The normalized spacial score (nSPS) is 15.1. The number of ether oxygens (including phenoxy) is 1. The molecule has 0 amide bonds. The van der Waals surface area contributed by atoms with Crippen molar-refractivity contribution in [3.8, 4) is 0 Å². The lowest BCUT2D eigenvalue weighted by Gasteiger charge is -2.03. The van der Waals surface area contributed by atoms with Crippen LogP contribution in [0.3, 0.4) is 0 Å². The van der Waals surface area contributed by atoms with E-state index < -0.39 is 9.84 Å². The van der Waals surface area contributed by atoms with Crippen LogP contribution in [0.25, 0.3) is 0 Å². The second-order valence-corrected chi connectivity index (χ2v) is 6.41. The molecule has 0 saturated carbocycles. The van der Waals surface area contributed by atoms with Crippen LogP contribution in [0.5, 0.6) is 0 Å². The fourth-order valence-corrected chi connectivity index (χ4v) is 2.77. The lowest BCUT2D eigenvalue weighted by atomic mass is 10.2. The number of aliphatic hydroxyl groups is 1. The summed E-state index contributed by atoms with van der Waals surface area (Å²) in [5, 5.41) is 8.96. The Hall–Kier alpha value is -0.620. The second-order valence-electron chi connectivity index (χ2n) is 4.01. The summed E-state index contributed by atoms with van der Waals surface area (Å²) in [4.78, 5) is 0.0562. The minimum absolute atomic E-state index is 0.0562. The van der Waals surface area contributed by atoms with Gasteiger partial charge in [-0.05, 0) is 30.5 Å². The molecule has 0 atom stereocenters. The molecular formula is C12H17ClO4S. The van der Waals surface area contributed by atoms with E-state index in [0.29, 0.717) is 5.56 Å². The highest BCUT2D eigenvalue weighted by Gasteiger charge is 2.12.